The lowest BCUT2D eigenvalue weighted by molar-refractivity contribution is -0.129. The highest BCUT2D eigenvalue weighted by Gasteiger charge is 2.36. The molecule has 108 valence electrons. The maximum atomic E-state index is 11.7. The lowest BCUT2D eigenvalue weighted by Gasteiger charge is -2.37. The molecule has 1 atom stereocenters. The molecule has 3 heterocycles. The van der Waals surface area contributed by atoms with E-state index in [0.29, 0.717) is 18.3 Å². The topological polar surface area (TPSA) is 65.5 Å². The van der Waals surface area contributed by atoms with Gasteiger partial charge in [0.2, 0.25) is 23.1 Å². The van der Waals surface area contributed by atoms with E-state index in [-0.39, 0.29) is 17.2 Å². The first-order valence-corrected chi connectivity index (χ1v) is 7.05. The zero-order valence-electron chi connectivity index (χ0n) is 11.6. The van der Waals surface area contributed by atoms with Gasteiger partial charge < -0.3 is 14.7 Å². The highest BCUT2D eigenvalue weighted by Crippen LogP contribution is 2.25. The molecule has 2 aliphatic rings. The van der Waals surface area contributed by atoms with Gasteiger partial charge in [0.25, 0.3) is 0 Å². The van der Waals surface area contributed by atoms with Crippen LogP contribution >= 0.6 is 11.6 Å². The lowest BCUT2D eigenvalue weighted by Crippen LogP contribution is -2.52. The van der Waals surface area contributed by atoms with Crippen LogP contribution in [0.3, 0.4) is 0 Å². The molecule has 2 saturated heterocycles. The number of rotatable bonds is 2. The summed E-state index contributed by atoms with van der Waals surface area (Å²) in [5, 5.41) is 0.198. The normalized spacial score (nSPS) is 22.1. The monoisotopic (exact) mass is 296 g/mol. The maximum absolute atomic E-state index is 11.7. The molecule has 0 saturated carbocycles. The fraction of sp³-hybridized carbons (Fsp3) is 0.667. The zero-order chi connectivity index (χ0) is 14.3. The Morgan fingerprint density at radius 1 is 1.25 bits per heavy atom. The smallest absolute Gasteiger partial charge is 0.231 e. The van der Waals surface area contributed by atoms with Gasteiger partial charge in [-0.3, -0.25) is 4.79 Å². The van der Waals surface area contributed by atoms with Crippen molar-refractivity contribution in [1.82, 2.24) is 19.9 Å². The maximum Gasteiger partial charge on any atom is 0.231 e. The highest BCUT2D eigenvalue weighted by molar-refractivity contribution is 6.28. The molecule has 8 heteroatoms. The Bertz CT molecular complexity index is 537. The second-order valence-corrected chi connectivity index (χ2v) is 5.66. The molecular formula is C12H17ClN6O. The molecule has 0 aromatic carbocycles. The van der Waals surface area contributed by atoms with Crippen LogP contribution < -0.4 is 9.80 Å². The van der Waals surface area contributed by atoms with E-state index in [9.17, 15) is 4.79 Å². The molecular weight excluding hydrogens is 280 g/mol. The molecule has 0 N–H and O–H groups in total. The number of halogens is 1. The molecule has 3 rings (SSSR count). The van der Waals surface area contributed by atoms with Crippen LogP contribution in [0, 0.1) is 0 Å². The number of hydrogen-bond donors (Lipinski definition) is 0. The van der Waals surface area contributed by atoms with E-state index < -0.39 is 0 Å². The standard InChI is InChI=1S/C12H17ClN6O/c1-17(2)11-14-10(13)15-12(16-11)18-5-6-19-8(7-18)3-4-9(19)20/h8H,3-7H2,1-2H3. The summed E-state index contributed by atoms with van der Waals surface area (Å²) in [5.74, 6) is 1.40. The van der Waals surface area contributed by atoms with Gasteiger partial charge in [0.05, 0.1) is 0 Å². The number of carbonyl (C=O) groups excluding carboxylic acids is 1. The summed E-state index contributed by atoms with van der Waals surface area (Å²) in [4.78, 5) is 30.3. The molecule has 0 aliphatic carbocycles. The average molecular weight is 297 g/mol. The van der Waals surface area contributed by atoms with Crippen LogP contribution in [0.25, 0.3) is 0 Å². The Balaban J connectivity index is 1.82. The summed E-state index contributed by atoms with van der Waals surface area (Å²) >= 11 is 5.97. The summed E-state index contributed by atoms with van der Waals surface area (Å²) in [7, 11) is 3.73. The molecule has 0 radical (unpaired) electrons. The quantitative estimate of drug-likeness (QED) is 0.787. The Hall–Kier alpha value is -1.63. The lowest BCUT2D eigenvalue weighted by atomic mass is 10.2. The molecule has 1 amide bonds. The van der Waals surface area contributed by atoms with Gasteiger partial charge in [0.1, 0.15) is 0 Å². The SMILES string of the molecule is CN(C)c1nc(Cl)nc(N2CCN3C(=O)CCC3C2)n1. The number of carbonyl (C=O) groups is 1. The van der Waals surface area contributed by atoms with Crippen molar-refractivity contribution in [3.05, 3.63) is 5.28 Å². The molecule has 1 aromatic rings. The van der Waals surface area contributed by atoms with Gasteiger partial charge in [0, 0.05) is 46.2 Å². The number of piperazine rings is 1. The first-order chi connectivity index (χ1) is 9.54. The van der Waals surface area contributed by atoms with Crippen molar-refractivity contribution < 1.29 is 4.79 Å². The number of hydrogen-bond acceptors (Lipinski definition) is 6. The van der Waals surface area contributed by atoms with Gasteiger partial charge in [-0.15, -0.1) is 0 Å². The van der Waals surface area contributed by atoms with E-state index in [0.717, 1.165) is 26.1 Å². The minimum Gasteiger partial charge on any atom is -0.347 e. The van der Waals surface area contributed by atoms with Crippen molar-refractivity contribution in [2.45, 2.75) is 18.9 Å². The number of amides is 1. The second kappa shape index (κ2) is 5.05. The number of nitrogens with zero attached hydrogens (tertiary/aromatic N) is 6. The van der Waals surface area contributed by atoms with Crippen molar-refractivity contribution >= 4 is 29.4 Å². The van der Waals surface area contributed by atoms with Crippen molar-refractivity contribution in [3.63, 3.8) is 0 Å². The molecule has 0 spiro atoms. The summed E-state index contributed by atoms with van der Waals surface area (Å²) in [6, 6.07) is 0.273. The Labute approximate surface area is 122 Å². The van der Waals surface area contributed by atoms with Crippen LogP contribution in [-0.2, 0) is 4.79 Å². The second-order valence-electron chi connectivity index (χ2n) is 5.32. The third-order valence-electron chi connectivity index (χ3n) is 3.76. The van der Waals surface area contributed by atoms with E-state index in [1.807, 2.05) is 19.0 Å². The van der Waals surface area contributed by atoms with Gasteiger partial charge in [-0.2, -0.15) is 15.0 Å². The third kappa shape index (κ3) is 2.37. The summed E-state index contributed by atoms with van der Waals surface area (Å²) < 4.78 is 0. The average Bonchev–Trinajstić information content (AvgIpc) is 2.79. The summed E-state index contributed by atoms with van der Waals surface area (Å²) in [6.07, 6.45) is 1.56. The number of anilines is 2. The molecule has 2 fully saturated rings. The van der Waals surface area contributed by atoms with E-state index >= 15 is 0 Å². The fourth-order valence-electron chi connectivity index (χ4n) is 2.72. The van der Waals surface area contributed by atoms with Crippen LogP contribution in [0.4, 0.5) is 11.9 Å². The Morgan fingerprint density at radius 2 is 2.05 bits per heavy atom. The fourth-order valence-corrected chi connectivity index (χ4v) is 2.87. The van der Waals surface area contributed by atoms with Gasteiger partial charge >= 0.3 is 0 Å². The first kappa shape index (κ1) is 13.4. The van der Waals surface area contributed by atoms with Crippen molar-refractivity contribution in [1.29, 1.82) is 0 Å². The van der Waals surface area contributed by atoms with E-state index in [2.05, 4.69) is 19.9 Å². The summed E-state index contributed by atoms with van der Waals surface area (Å²) in [5.41, 5.74) is 0. The van der Waals surface area contributed by atoms with Crippen molar-refractivity contribution in [3.8, 4) is 0 Å². The van der Waals surface area contributed by atoms with Crippen LogP contribution in [-0.4, -0.2) is 65.5 Å². The number of aromatic nitrogens is 3. The van der Waals surface area contributed by atoms with Crippen molar-refractivity contribution in [2.75, 3.05) is 43.5 Å². The predicted octanol–water partition coefficient (Wildman–Crippen LogP) is 0.402. The molecule has 2 aliphatic heterocycles. The van der Waals surface area contributed by atoms with Crippen molar-refractivity contribution in [2.24, 2.45) is 0 Å². The van der Waals surface area contributed by atoms with Crippen LogP contribution in [0.1, 0.15) is 12.8 Å². The molecule has 20 heavy (non-hydrogen) atoms. The van der Waals surface area contributed by atoms with E-state index in [4.69, 9.17) is 11.6 Å². The van der Waals surface area contributed by atoms with Gasteiger partial charge in [-0.25, -0.2) is 0 Å². The molecule has 1 aromatic heterocycles. The zero-order valence-corrected chi connectivity index (χ0v) is 12.3. The molecule has 0 bridgehead atoms. The number of fused-ring (bicyclic) bond motifs is 1. The molecule has 7 nitrogen and oxygen atoms in total. The van der Waals surface area contributed by atoms with Gasteiger partial charge in [-0.05, 0) is 18.0 Å². The summed E-state index contributed by atoms with van der Waals surface area (Å²) in [6.45, 7) is 2.22. The van der Waals surface area contributed by atoms with Gasteiger partial charge in [0.15, 0.2) is 0 Å². The van der Waals surface area contributed by atoms with Gasteiger partial charge in [-0.1, -0.05) is 0 Å². The van der Waals surface area contributed by atoms with Crippen LogP contribution in [0.5, 0.6) is 0 Å². The highest BCUT2D eigenvalue weighted by atomic mass is 35.5. The first-order valence-electron chi connectivity index (χ1n) is 6.68. The minimum absolute atomic E-state index is 0.198. The van der Waals surface area contributed by atoms with Crippen LogP contribution in [0.2, 0.25) is 5.28 Å². The van der Waals surface area contributed by atoms with E-state index in [1.165, 1.54) is 0 Å². The Morgan fingerprint density at radius 3 is 2.80 bits per heavy atom. The molecule has 1 unspecified atom stereocenters. The largest absolute Gasteiger partial charge is 0.347 e. The third-order valence-corrected chi connectivity index (χ3v) is 3.93. The minimum atomic E-state index is 0.198. The predicted molar refractivity (Wildman–Crippen MR) is 76.1 cm³/mol. The Kier molecular flexibility index (Phi) is 3.37. The van der Waals surface area contributed by atoms with E-state index in [1.54, 1.807) is 4.90 Å². The van der Waals surface area contributed by atoms with Crippen LogP contribution in [0.15, 0.2) is 0 Å².